The number of carbonyl (C=O) groups excluding carboxylic acids is 2. The van der Waals surface area contributed by atoms with Crippen LogP contribution in [-0.2, 0) is 16.1 Å². The summed E-state index contributed by atoms with van der Waals surface area (Å²) in [5.41, 5.74) is 0.730. The van der Waals surface area contributed by atoms with E-state index in [0.717, 1.165) is 45.4 Å². The number of halogens is 3. The number of carboxylic acid groups (broad SMARTS) is 1. The van der Waals surface area contributed by atoms with E-state index in [-0.39, 0.29) is 22.6 Å². The van der Waals surface area contributed by atoms with Crippen LogP contribution in [0.5, 0.6) is 0 Å². The van der Waals surface area contributed by atoms with Gasteiger partial charge in [0.15, 0.2) is 5.76 Å². The maximum atomic E-state index is 13.0. The van der Waals surface area contributed by atoms with E-state index in [4.69, 9.17) is 14.3 Å². The number of likely N-dealkylation sites (tertiary alicyclic amines) is 2. The van der Waals surface area contributed by atoms with Crippen molar-refractivity contribution in [3.8, 4) is 0 Å². The highest BCUT2D eigenvalue weighted by Gasteiger charge is 2.63. The topological polar surface area (TPSA) is 116 Å². The molecule has 2 aromatic rings. The molecule has 0 bridgehead atoms. The zero-order chi connectivity index (χ0) is 26.0. The number of pyridine rings is 1. The number of nitrogens with one attached hydrogen (secondary N) is 1. The van der Waals surface area contributed by atoms with Crippen molar-refractivity contribution < 1.29 is 37.1 Å². The van der Waals surface area contributed by atoms with Crippen LogP contribution in [0.3, 0.4) is 0 Å². The number of carbonyl (C=O) groups is 3. The number of hydrogen-bond acceptors (Lipinski definition) is 6. The number of rotatable bonds is 3. The van der Waals surface area contributed by atoms with Crippen LogP contribution >= 0.6 is 0 Å². The molecule has 1 unspecified atom stereocenters. The predicted molar refractivity (Wildman–Crippen MR) is 120 cm³/mol. The largest absolute Gasteiger partial charge is 0.490 e. The molecule has 1 atom stereocenters. The lowest BCUT2D eigenvalue weighted by Crippen LogP contribution is -2.53. The minimum absolute atomic E-state index is 0.0556. The number of piperidine rings is 1. The van der Waals surface area contributed by atoms with Crippen LogP contribution in [0.1, 0.15) is 35.4 Å². The fourth-order valence-electron chi connectivity index (χ4n) is 5.71. The monoisotopic (exact) mass is 508 g/mol. The molecule has 0 saturated carbocycles. The first-order chi connectivity index (χ1) is 17.1. The molecule has 2 spiro atoms. The number of furan rings is 1. The van der Waals surface area contributed by atoms with Gasteiger partial charge in [-0.3, -0.25) is 19.5 Å². The highest BCUT2D eigenvalue weighted by atomic mass is 19.4. The van der Waals surface area contributed by atoms with Crippen molar-refractivity contribution in [1.29, 1.82) is 0 Å². The molecule has 3 aliphatic rings. The van der Waals surface area contributed by atoms with Crippen molar-refractivity contribution in [2.45, 2.75) is 32.0 Å². The number of nitrogens with zero attached hydrogens (tertiary/aromatic N) is 3. The summed E-state index contributed by atoms with van der Waals surface area (Å²) < 4.78 is 37.0. The minimum atomic E-state index is -5.08. The van der Waals surface area contributed by atoms with Gasteiger partial charge in [-0.05, 0) is 43.0 Å². The summed E-state index contributed by atoms with van der Waals surface area (Å²) in [6.45, 7) is 4.54. The number of aliphatic carboxylic acids is 1. The number of carboxylic acids is 1. The summed E-state index contributed by atoms with van der Waals surface area (Å²) in [5, 5.41) is 10.2. The van der Waals surface area contributed by atoms with Crippen molar-refractivity contribution in [1.82, 2.24) is 20.1 Å². The molecule has 2 aromatic heterocycles. The lowest BCUT2D eigenvalue weighted by Gasteiger charge is -2.46. The molecular weight excluding hydrogens is 481 g/mol. The van der Waals surface area contributed by atoms with Crippen molar-refractivity contribution in [3.05, 3.63) is 54.2 Å². The third kappa shape index (κ3) is 4.95. The van der Waals surface area contributed by atoms with Gasteiger partial charge in [0.25, 0.3) is 5.91 Å². The molecule has 3 fully saturated rings. The molecule has 9 nitrogen and oxygen atoms in total. The summed E-state index contributed by atoms with van der Waals surface area (Å²) in [4.78, 5) is 43.1. The second-order valence-electron chi connectivity index (χ2n) is 9.45. The Morgan fingerprint density at radius 2 is 1.86 bits per heavy atom. The molecule has 5 rings (SSSR count). The number of amides is 2. The van der Waals surface area contributed by atoms with Crippen LogP contribution in [0.15, 0.2) is 47.3 Å². The Morgan fingerprint density at radius 1 is 1.14 bits per heavy atom. The first-order valence-corrected chi connectivity index (χ1v) is 11.6. The van der Waals surface area contributed by atoms with Crippen LogP contribution in [0, 0.1) is 10.8 Å². The molecule has 2 amide bonds. The smallest absolute Gasteiger partial charge is 0.475 e. The van der Waals surface area contributed by atoms with Crippen LogP contribution in [0.2, 0.25) is 0 Å². The SMILES string of the molecule is O=C(O)C(F)(F)F.O=C(c1ccco1)N1CCC2(CC1)CN(Cc1cccnc1)CC21CCNC1=O. The Kier molecular flexibility index (Phi) is 7.07. The molecular formula is C24H27F3N4O5. The maximum absolute atomic E-state index is 13.0. The summed E-state index contributed by atoms with van der Waals surface area (Å²) in [7, 11) is 0. The van der Waals surface area contributed by atoms with E-state index in [1.807, 2.05) is 17.2 Å². The summed E-state index contributed by atoms with van der Waals surface area (Å²) >= 11 is 0. The van der Waals surface area contributed by atoms with Crippen molar-refractivity contribution in [2.24, 2.45) is 10.8 Å². The lowest BCUT2D eigenvalue weighted by atomic mass is 9.60. The molecule has 3 aliphatic heterocycles. The summed E-state index contributed by atoms with van der Waals surface area (Å²) in [6, 6.07) is 7.50. The molecule has 5 heterocycles. The second-order valence-corrected chi connectivity index (χ2v) is 9.45. The van der Waals surface area contributed by atoms with Gasteiger partial charge in [-0.2, -0.15) is 13.2 Å². The van der Waals surface area contributed by atoms with Gasteiger partial charge in [-0.25, -0.2) is 4.79 Å². The molecule has 0 radical (unpaired) electrons. The van der Waals surface area contributed by atoms with Gasteiger partial charge in [0.05, 0.1) is 11.7 Å². The van der Waals surface area contributed by atoms with E-state index in [2.05, 4.69) is 21.3 Å². The van der Waals surface area contributed by atoms with E-state index in [0.29, 0.717) is 18.8 Å². The molecule has 36 heavy (non-hydrogen) atoms. The molecule has 194 valence electrons. The first-order valence-electron chi connectivity index (χ1n) is 11.6. The Bertz CT molecular complexity index is 1080. The summed E-state index contributed by atoms with van der Waals surface area (Å²) in [6.07, 6.45) is 2.70. The average Bonchev–Trinajstić information content (AvgIpc) is 3.56. The van der Waals surface area contributed by atoms with Crippen molar-refractivity contribution in [3.63, 3.8) is 0 Å². The summed E-state index contributed by atoms with van der Waals surface area (Å²) in [5.74, 6) is -2.23. The number of aromatic nitrogens is 1. The molecule has 0 aromatic carbocycles. The van der Waals surface area contributed by atoms with Crippen LogP contribution in [-0.4, -0.2) is 76.6 Å². The van der Waals surface area contributed by atoms with Gasteiger partial charge < -0.3 is 19.7 Å². The number of fused-ring (bicyclic) bond motifs is 1. The normalized spacial score (nSPS) is 23.4. The zero-order valence-electron chi connectivity index (χ0n) is 19.5. The van der Waals surface area contributed by atoms with E-state index in [1.54, 1.807) is 18.3 Å². The van der Waals surface area contributed by atoms with E-state index in [9.17, 15) is 22.8 Å². The van der Waals surface area contributed by atoms with Gasteiger partial charge in [0.2, 0.25) is 5.91 Å². The third-order valence-corrected chi connectivity index (χ3v) is 7.42. The van der Waals surface area contributed by atoms with Gasteiger partial charge in [-0.15, -0.1) is 0 Å². The second kappa shape index (κ2) is 9.92. The quantitative estimate of drug-likeness (QED) is 0.655. The third-order valence-electron chi connectivity index (χ3n) is 7.42. The van der Waals surface area contributed by atoms with Gasteiger partial charge in [-0.1, -0.05) is 6.07 Å². The van der Waals surface area contributed by atoms with Gasteiger partial charge in [0, 0.05) is 57.1 Å². The van der Waals surface area contributed by atoms with Crippen molar-refractivity contribution >= 4 is 17.8 Å². The van der Waals surface area contributed by atoms with E-state index < -0.39 is 12.1 Å². The molecule has 3 saturated heterocycles. The molecule has 2 N–H and O–H groups in total. The minimum Gasteiger partial charge on any atom is -0.475 e. The average molecular weight is 508 g/mol. The maximum Gasteiger partial charge on any atom is 0.490 e. The van der Waals surface area contributed by atoms with Crippen LogP contribution < -0.4 is 5.32 Å². The molecule has 12 heteroatoms. The highest BCUT2D eigenvalue weighted by molar-refractivity contribution is 5.91. The Hall–Kier alpha value is -3.41. The molecule has 0 aliphatic carbocycles. The Labute approximate surface area is 205 Å². The highest BCUT2D eigenvalue weighted by Crippen LogP contribution is 2.56. The standard InChI is InChI=1S/C22H26N4O3.C2HF3O2/c27-19(18-4-2-12-29-18)26-10-6-21(7-11-26)15-25(14-17-3-1-8-23-13-17)16-22(21)5-9-24-20(22)28;3-2(4,5)1(6)7/h1-4,8,12-13H,5-7,9-11,14-16H2,(H,24,28);(H,6,7). The lowest BCUT2D eigenvalue weighted by molar-refractivity contribution is -0.192. The van der Waals surface area contributed by atoms with Crippen LogP contribution in [0.25, 0.3) is 0 Å². The van der Waals surface area contributed by atoms with Gasteiger partial charge >= 0.3 is 12.1 Å². The van der Waals surface area contributed by atoms with Gasteiger partial charge in [0.1, 0.15) is 0 Å². The van der Waals surface area contributed by atoms with E-state index in [1.165, 1.54) is 11.8 Å². The first kappa shape index (κ1) is 25.7. The number of alkyl halides is 3. The van der Waals surface area contributed by atoms with E-state index >= 15 is 0 Å². The predicted octanol–water partition coefficient (Wildman–Crippen LogP) is 2.55. The zero-order valence-corrected chi connectivity index (χ0v) is 19.5. The van der Waals surface area contributed by atoms with Crippen molar-refractivity contribution in [2.75, 3.05) is 32.7 Å². The fraction of sp³-hybridized carbons (Fsp3) is 0.500. The Balaban J connectivity index is 0.000000384. The fourth-order valence-corrected chi connectivity index (χ4v) is 5.71. The Morgan fingerprint density at radius 3 is 2.39 bits per heavy atom. The number of hydrogen-bond donors (Lipinski definition) is 2. The van der Waals surface area contributed by atoms with Crippen LogP contribution in [0.4, 0.5) is 13.2 Å².